The maximum atomic E-state index is 5.60. The number of nitrogens with zero attached hydrogens (tertiary/aromatic N) is 2. The zero-order chi connectivity index (χ0) is 43.1. The Morgan fingerprint density at radius 2 is 0.533 bits per heavy atom. The standard InChI is InChI=1S/C58H100N2/c1-7-13-19-21-23-24-25-26-27-28-29-30-31-32-33-34-36-38-44-58(60-56-48-46-52(40-16-10-4)54(50-56)42-18-12-6)57(43-37-35-22-20-14-8-2)59-55-47-45-51(39-15-9-3)53(49-55)41-17-11-5/h45-50H,7-44H2,1-6H3. The molecule has 2 nitrogen and oxygen atoms in total. The van der Waals surface area contributed by atoms with E-state index < -0.39 is 0 Å². The highest BCUT2D eigenvalue weighted by molar-refractivity contribution is 6.43. The van der Waals surface area contributed by atoms with Crippen LogP contribution in [0.5, 0.6) is 0 Å². The van der Waals surface area contributed by atoms with E-state index >= 15 is 0 Å². The summed E-state index contributed by atoms with van der Waals surface area (Å²) >= 11 is 0. The Morgan fingerprint density at radius 3 is 0.817 bits per heavy atom. The highest BCUT2D eigenvalue weighted by Gasteiger charge is 2.14. The van der Waals surface area contributed by atoms with Crippen LogP contribution >= 0.6 is 0 Å². The molecule has 0 fully saturated rings. The molecule has 0 saturated carbocycles. The predicted molar refractivity (Wildman–Crippen MR) is 273 cm³/mol. The second-order valence-corrected chi connectivity index (χ2v) is 18.7. The summed E-state index contributed by atoms with van der Waals surface area (Å²) in [6, 6.07) is 14.4. The summed E-state index contributed by atoms with van der Waals surface area (Å²) in [7, 11) is 0. The zero-order valence-electron chi connectivity index (χ0n) is 41.2. The van der Waals surface area contributed by atoms with Crippen LogP contribution in [0.2, 0.25) is 0 Å². The average Bonchev–Trinajstić information content (AvgIpc) is 3.26. The van der Waals surface area contributed by atoms with Crippen molar-refractivity contribution in [2.24, 2.45) is 9.98 Å². The Morgan fingerprint density at radius 1 is 0.283 bits per heavy atom. The fraction of sp³-hybridized carbons (Fsp3) is 0.759. The van der Waals surface area contributed by atoms with Gasteiger partial charge in [-0.2, -0.15) is 0 Å². The van der Waals surface area contributed by atoms with Gasteiger partial charge in [-0.25, -0.2) is 0 Å². The average molecular weight is 825 g/mol. The lowest BCUT2D eigenvalue weighted by atomic mass is 9.96. The fourth-order valence-corrected chi connectivity index (χ4v) is 8.89. The molecular formula is C58H100N2. The molecule has 0 aliphatic rings. The first kappa shape index (κ1) is 53.9. The van der Waals surface area contributed by atoms with E-state index in [-0.39, 0.29) is 0 Å². The van der Waals surface area contributed by atoms with Gasteiger partial charge in [0.2, 0.25) is 0 Å². The lowest BCUT2D eigenvalue weighted by Gasteiger charge is -2.15. The summed E-state index contributed by atoms with van der Waals surface area (Å²) in [5.74, 6) is 0. The first-order chi connectivity index (χ1) is 29.6. The molecule has 0 amide bonds. The third-order valence-corrected chi connectivity index (χ3v) is 13.0. The highest BCUT2D eigenvalue weighted by atomic mass is 14.8. The normalized spacial score (nSPS) is 12.2. The molecule has 0 bridgehead atoms. The van der Waals surface area contributed by atoms with Crippen molar-refractivity contribution >= 4 is 22.8 Å². The molecule has 2 aromatic rings. The molecule has 342 valence electrons. The molecule has 0 aliphatic carbocycles. The number of hydrogen-bond acceptors (Lipinski definition) is 2. The quantitative estimate of drug-likeness (QED) is 0.0471. The summed E-state index contributed by atoms with van der Waals surface area (Å²) in [4.78, 5) is 11.2. The zero-order valence-corrected chi connectivity index (χ0v) is 41.2. The third kappa shape index (κ3) is 26.3. The molecule has 0 heterocycles. The first-order valence-electron chi connectivity index (χ1n) is 27.0. The molecule has 0 unspecified atom stereocenters. The Bertz CT molecular complexity index is 1350. The van der Waals surface area contributed by atoms with Crippen molar-refractivity contribution in [3.63, 3.8) is 0 Å². The van der Waals surface area contributed by atoms with Gasteiger partial charge in [0, 0.05) is 0 Å². The van der Waals surface area contributed by atoms with Crippen LogP contribution in [0, 0.1) is 0 Å². The van der Waals surface area contributed by atoms with Gasteiger partial charge >= 0.3 is 0 Å². The highest BCUT2D eigenvalue weighted by Crippen LogP contribution is 2.27. The predicted octanol–water partition coefficient (Wildman–Crippen LogP) is 20.1. The molecule has 2 aromatic carbocycles. The van der Waals surface area contributed by atoms with E-state index in [1.165, 1.54) is 252 Å². The molecule has 0 atom stereocenters. The van der Waals surface area contributed by atoms with E-state index in [0.717, 1.165) is 37.1 Å². The van der Waals surface area contributed by atoms with Gasteiger partial charge in [-0.3, -0.25) is 9.98 Å². The monoisotopic (exact) mass is 825 g/mol. The van der Waals surface area contributed by atoms with Crippen molar-refractivity contribution in [3.05, 3.63) is 58.7 Å². The van der Waals surface area contributed by atoms with E-state index in [2.05, 4.69) is 77.9 Å². The number of aryl methyl sites for hydroxylation is 4. The molecule has 0 radical (unpaired) electrons. The summed E-state index contributed by atoms with van der Waals surface area (Å²) in [6.07, 6.45) is 50.0. The lowest BCUT2D eigenvalue weighted by molar-refractivity contribution is 0.526. The first-order valence-corrected chi connectivity index (χ1v) is 27.0. The lowest BCUT2D eigenvalue weighted by Crippen LogP contribution is -2.15. The number of unbranched alkanes of at least 4 members (excludes halogenated alkanes) is 26. The molecule has 0 spiro atoms. The molecule has 2 rings (SSSR count). The maximum Gasteiger partial charge on any atom is 0.0636 e. The summed E-state index contributed by atoms with van der Waals surface area (Å²) < 4.78 is 0. The van der Waals surface area contributed by atoms with Crippen LogP contribution in [0.1, 0.15) is 282 Å². The Balaban J connectivity index is 2.20. The molecule has 0 aromatic heterocycles. The topological polar surface area (TPSA) is 24.7 Å². The SMILES string of the molecule is CCCCCCCCCCCCCCCCCCCCC(=Nc1ccc(CCCC)c(CCCC)c1)C(CCCCCCCC)=Nc1ccc(CCCC)c(CCCC)c1. The minimum Gasteiger partial charge on any atom is -0.252 e. The van der Waals surface area contributed by atoms with Gasteiger partial charge in [-0.1, -0.05) is 221 Å². The number of hydrogen-bond donors (Lipinski definition) is 0. The van der Waals surface area contributed by atoms with Gasteiger partial charge < -0.3 is 0 Å². The van der Waals surface area contributed by atoms with E-state index in [9.17, 15) is 0 Å². The van der Waals surface area contributed by atoms with Crippen LogP contribution in [0.4, 0.5) is 11.4 Å². The van der Waals surface area contributed by atoms with Crippen LogP contribution in [0.25, 0.3) is 0 Å². The molecule has 60 heavy (non-hydrogen) atoms. The van der Waals surface area contributed by atoms with E-state index in [0.29, 0.717) is 0 Å². The van der Waals surface area contributed by atoms with E-state index in [1.54, 1.807) is 0 Å². The van der Waals surface area contributed by atoms with Crippen LogP contribution in [-0.2, 0) is 25.7 Å². The number of benzene rings is 2. The number of rotatable bonds is 41. The van der Waals surface area contributed by atoms with Crippen molar-refractivity contribution in [2.75, 3.05) is 0 Å². The third-order valence-electron chi connectivity index (χ3n) is 13.0. The molecule has 2 heteroatoms. The minimum absolute atomic E-state index is 1.03. The van der Waals surface area contributed by atoms with Crippen molar-refractivity contribution in [2.45, 2.75) is 286 Å². The van der Waals surface area contributed by atoms with Gasteiger partial charge in [0.1, 0.15) is 0 Å². The Hall–Kier alpha value is -2.22. The van der Waals surface area contributed by atoms with Crippen molar-refractivity contribution < 1.29 is 0 Å². The Kier molecular flexibility index (Phi) is 34.6. The smallest absolute Gasteiger partial charge is 0.0636 e. The van der Waals surface area contributed by atoms with Gasteiger partial charge in [0.15, 0.2) is 0 Å². The van der Waals surface area contributed by atoms with Crippen LogP contribution in [0.15, 0.2) is 46.4 Å². The number of aliphatic imine (C=N–C) groups is 2. The van der Waals surface area contributed by atoms with Crippen molar-refractivity contribution in [1.82, 2.24) is 0 Å². The van der Waals surface area contributed by atoms with Gasteiger partial charge in [0.25, 0.3) is 0 Å². The molecule has 0 aliphatic heterocycles. The molecule has 0 saturated heterocycles. The van der Waals surface area contributed by atoms with E-state index in [1.807, 2.05) is 0 Å². The van der Waals surface area contributed by atoms with Crippen molar-refractivity contribution in [3.8, 4) is 0 Å². The van der Waals surface area contributed by atoms with Gasteiger partial charge in [-0.15, -0.1) is 0 Å². The van der Waals surface area contributed by atoms with E-state index in [4.69, 9.17) is 9.98 Å². The fourth-order valence-electron chi connectivity index (χ4n) is 8.89. The van der Waals surface area contributed by atoms with Crippen LogP contribution in [-0.4, -0.2) is 11.4 Å². The molecule has 0 N–H and O–H groups in total. The maximum absolute atomic E-state index is 5.60. The Labute approximate surface area is 375 Å². The second kappa shape index (κ2) is 38.5. The van der Waals surface area contributed by atoms with Gasteiger partial charge in [-0.05, 0) is 124 Å². The molecular weight excluding hydrogens is 725 g/mol. The summed E-state index contributed by atoms with van der Waals surface area (Å²) in [5, 5.41) is 0. The van der Waals surface area contributed by atoms with Crippen LogP contribution in [0.3, 0.4) is 0 Å². The largest absolute Gasteiger partial charge is 0.252 e. The van der Waals surface area contributed by atoms with Gasteiger partial charge in [0.05, 0.1) is 22.8 Å². The summed E-state index contributed by atoms with van der Waals surface area (Å²) in [6.45, 7) is 13.9. The second-order valence-electron chi connectivity index (χ2n) is 18.7. The minimum atomic E-state index is 1.03. The van der Waals surface area contributed by atoms with Crippen LogP contribution < -0.4 is 0 Å². The van der Waals surface area contributed by atoms with Crippen molar-refractivity contribution in [1.29, 1.82) is 0 Å². The summed E-state index contributed by atoms with van der Waals surface area (Å²) in [5.41, 5.74) is 10.9.